The van der Waals surface area contributed by atoms with Crippen LogP contribution in [0.5, 0.6) is 5.75 Å². The summed E-state index contributed by atoms with van der Waals surface area (Å²) in [5.41, 5.74) is 0.282. The van der Waals surface area contributed by atoms with Crippen molar-refractivity contribution in [3.63, 3.8) is 0 Å². The van der Waals surface area contributed by atoms with Crippen LogP contribution in [0.15, 0.2) is 22.7 Å². The lowest BCUT2D eigenvalue weighted by atomic mass is 9.83. The van der Waals surface area contributed by atoms with E-state index in [-0.39, 0.29) is 17.9 Å². The van der Waals surface area contributed by atoms with Crippen molar-refractivity contribution in [1.82, 2.24) is 5.32 Å². The maximum absolute atomic E-state index is 12.2. The van der Waals surface area contributed by atoms with Gasteiger partial charge in [-0.1, -0.05) is 13.8 Å². The highest BCUT2D eigenvalue weighted by Gasteiger charge is 2.26. The Morgan fingerprint density at radius 1 is 1.40 bits per heavy atom. The average molecular weight is 344 g/mol. The number of hydrogen-bond acceptors (Lipinski definition) is 3. The zero-order chi connectivity index (χ0) is 15.2. The summed E-state index contributed by atoms with van der Waals surface area (Å²) in [6, 6.07) is 5.27. The number of aliphatic hydroxyl groups is 1. The van der Waals surface area contributed by atoms with E-state index >= 15 is 0 Å². The summed E-state index contributed by atoms with van der Waals surface area (Å²) in [7, 11) is 1.57. The van der Waals surface area contributed by atoms with Crippen LogP contribution in [0.3, 0.4) is 0 Å². The first-order chi connectivity index (χ1) is 9.51. The number of hydrogen-bond donors (Lipinski definition) is 2. The first-order valence-electron chi connectivity index (χ1n) is 6.74. The number of aliphatic hydroxyl groups excluding tert-OH is 1. The maximum Gasteiger partial charge on any atom is 0.252 e. The van der Waals surface area contributed by atoms with Crippen molar-refractivity contribution in [3.05, 3.63) is 28.2 Å². The van der Waals surface area contributed by atoms with E-state index in [2.05, 4.69) is 21.2 Å². The van der Waals surface area contributed by atoms with E-state index in [0.29, 0.717) is 17.9 Å². The van der Waals surface area contributed by atoms with Gasteiger partial charge in [0, 0.05) is 16.4 Å². The van der Waals surface area contributed by atoms with E-state index in [0.717, 1.165) is 17.3 Å². The summed E-state index contributed by atoms with van der Waals surface area (Å²) < 4.78 is 5.85. The third kappa shape index (κ3) is 3.96. The summed E-state index contributed by atoms with van der Waals surface area (Å²) in [6.45, 7) is 4.57. The number of carbonyl (C=O) groups is 1. The molecule has 0 saturated heterocycles. The molecule has 0 radical (unpaired) electrons. The zero-order valence-corrected chi connectivity index (χ0v) is 13.8. The SMILES string of the molecule is CCC(CC)(CO)CNC(=O)c1cc(OC)ccc1Br. The number of halogens is 1. The van der Waals surface area contributed by atoms with Gasteiger partial charge < -0.3 is 15.2 Å². The number of benzene rings is 1. The third-order valence-corrected chi connectivity index (χ3v) is 4.57. The number of rotatable bonds is 7. The van der Waals surface area contributed by atoms with Crippen LogP contribution in [-0.2, 0) is 0 Å². The zero-order valence-electron chi connectivity index (χ0n) is 12.2. The molecule has 1 rings (SSSR count). The van der Waals surface area contributed by atoms with E-state index in [1.54, 1.807) is 25.3 Å². The summed E-state index contributed by atoms with van der Waals surface area (Å²) in [5, 5.41) is 12.4. The predicted molar refractivity (Wildman–Crippen MR) is 83.1 cm³/mol. The van der Waals surface area contributed by atoms with Crippen LogP contribution in [0.25, 0.3) is 0 Å². The fourth-order valence-corrected chi connectivity index (χ4v) is 2.37. The standard InChI is InChI=1S/C15H22BrNO3/c1-4-15(5-2,10-18)9-17-14(19)12-8-11(20-3)6-7-13(12)16/h6-8,18H,4-5,9-10H2,1-3H3,(H,17,19). The van der Waals surface area contributed by atoms with Gasteiger partial charge >= 0.3 is 0 Å². The van der Waals surface area contributed by atoms with Gasteiger partial charge in [0.1, 0.15) is 5.75 Å². The second kappa shape index (κ2) is 7.64. The van der Waals surface area contributed by atoms with Gasteiger partial charge in [-0.15, -0.1) is 0 Å². The highest BCUT2D eigenvalue weighted by molar-refractivity contribution is 9.10. The molecule has 5 heteroatoms. The second-order valence-electron chi connectivity index (χ2n) is 4.89. The predicted octanol–water partition coefficient (Wildman–Crippen LogP) is 2.99. The van der Waals surface area contributed by atoms with Gasteiger partial charge in [0.15, 0.2) is 0 Å². The largest absolute Gasteiger partial charge is 0.497 e. The van der Waals surface area contributed by atoms with Crippen molar-refractivity contribution in [2.45, 2.75) is 26.7 Å². The monoisotopic (exact) mass is 343 g/mol. The average Bonchev–Trinajstić information content (AvgIpc) is 2.49. The number of amides is 1. The highest BCUT2D eigenvalue weighted by atomic mass is 79.9. The van der Waals surface area contributed by atoms with Crippen LogP contribution in [-0.4, -0.2) is 31.3 Å². The molecule has 0 fully saturated rings. The van der Waals surface area contributed by atoms with Crippen molar-refractivity contribution >= 4 is 21.8 Å². The molecule has 1 amide bonds. The van der Waals surface area contributed by atoms with E-state index in [1.807, 2.05) is 13.8 Å². The Bertz CT molecular complexity index is 450. The van der Waals surface area contributed by atoms with Crippen molar-refractivity contribution in [2.75, 3.05) is 20.3 Å². The van der Waals surface area contributed by atoms with Crippen LogP contribution in [0.2, 0.25) is 0 Å². The first kappa shape index (κ1) is 17.0. The van der Waals surface area contributed by atoms with Crippen LogP contribution in [0.4, 0.5) is 0 Å². The van der Waals surface area contributed by atoms with Crippen LogP contribution in [0.1, 0.15) is 37.0 Å². The third-order valence-electron chi connectivity index (χ3n) is 3.88. The van der Waals surface area contributed by atoms with Crippen molar-refractivity contribution in [2.24, 2.45) is 5.41 Å². The molecule has 2 N–H and O–H groups in total. The molecule has 0 aliphatic heterocycles. The van der Waals surface area contributed by atoms with Crippen molar-refractivity contribution in [3.8, 4) is 5.75 Å². The summed E-state index contributed by atoms with van der Waals surface area (Å²) in [6.07, 6.45) is 1.64. The van der Waals surface area contributed by atoms with Crippen molar-refractivity contribution < 1.29 is 14.6 Å². The van der Waals surface area contributed by atoms with Gasteiger partial charge in [-0.05, 0) is 47.0 Å². The van der Waals surface area contributed by atoms with Crippen molar-refractivity contribution in [1.29, 1.82) is 0 Å². The van der Waals surface area contributed by atoms with Gasteiger partial charge in [0.05, 0.1) is 19.3 Å². The molecule has 112 valence electrons. The number of nitrogens with one attached hydrogen (secondary N) is 1. The molecule has 4 nitrogen and oxygen atoms in total. The van der Waals surface area contributed by atoms with Crippen LogP contribution < -0.4 is 10.1 Å². The minimum absolute atomic E-state index is 0.0690. The smallest absolute Gasteiger partial charge is 0.252 e. The molecule has 0 saturated carbocycles. The van der Waals surface area contributed by atoms with Crippen LogP contribution in [0, 0.1) is 5.41 Å². The summed E-state index contributed by atoms with van der Waals surface area (Å²) in [4.78, 5) is 12.2. The minimum atomic E-state index is -0.249. The summed E-state index contributed by atoms with van der Waals surface area (Å²) in [5.74, 6) is 0.466. The molecule has 1 aromatic carbocycles. The molecule has 0 bridgehead atoms. The quantitative estimate of drug-likeness (QED) is 0.800. The number of carbonyl (C=O) groups excluding carboxylic acids is 1. The topological polar surface area (TPSA) is 58.6 Å². The van der Waals surface area contributed by atoms with E-state index in [9.17, 15) is 9.90 Å². The Hall–Kier alpha value is -1.07. The van der Waals surface area contributed by atoms with Gasteiger partial charge in [-0.25, -0.2) is 0 Å². The Balaban J connectivity index is 2.81. The molecular weight excluding hydrogens is 322 g/mol. The lowest BCUT2D eigenvalue weighted by molar-refractivity contribution is 0.0850. The number of methoxy groups -OCH3 is 1. The fraction of sp³-hybridized carbons (Fsp3) is 0.533. The Morgan fingerprint density at radius 3 is 2.55 bits per heavy atom. The van der Waals surface area contributed by atoms with Gasteiger partial charge in [-0.3, -0.25) is 4.79 Å². The van der Waals surface area contributed by atoms with Gasteiger partial charge in [-0.2, -0.15) is 0 Å². The minimum Gasteiger partial charge on any atom is -0.497 e. The molecule has 0 aromatic heterocycles. The molecular formula is C15H22BrNO3. The van der Waals surface area contributed by atoms with E-state index in [4.69, 9.17) is 4.74 Å². The lowest BCUT2D eigenvalue weighted by Crippen LogP contribution is -2.39. The molecule has 0 unspecified atom stereocenters. The van der Waals surface area contributed by atoms with Gasteiger partial charge in [0.2, 0.25) is 0 Å². The molecule has 20 heavy (non-hydrogen) atoms. The summed E-state index contributed by atoms with van der Waals surface area (Å²) >= 11 is 3.37. The van der Waals surface area contributed by atoms with E-state index in [1.165, 1.54) is 0 Å². The van der Waals surface area contributed by atoms with Gasteiger partial charge in [0.25, 0.3) is 5.91 Å². The second-order valence-corrected chi connectivity index (χ2v) is 5.75. The molecule has 0 spiro atoms. The molecule has 0 aliphatic rings. The Labute approximate surface area is 128 Å². The Morgan fingerprint density at radius 2 is 2.05 bits per heavy atom. The molecule has 0 aliphatic carbocycles. The molecule has 1 aromatic rings. The lowest BCUT2D eigenvalue weighted by Gasteiger charge is -2.29. The molecule has 0 heterocycles. The van der Waals surface area contributed by atoms with E-state index < -0.39 is 0 Å². The Kier molecular flexibility index (Phi) is 6.49. The normalized spacial score (nSPS) is 11.2. The highest BCUT2D eigenvalue weighted by Crippen LogP contribution is 2.26. The fourth-order valence-electron chi connectivity index (χ4n) is 1.95. The number of ether oxygens (including phenoxy) is 1. The molecule has 0 atom stereocenters. The van der Waals surface area contributed by atoms with Crippen LogP contribution >= 0.6 is 15.9 Å². The maximum atomic E-state index is 12.2. The first-order valence-corrected chi connectivity index (χ1v) is 7.53.